The Morgan fingerprint density at radius 2 is 1.62 bits per heavy atom. The molecule has 0 spiro atoms. The predicted molar refractivity (Wildman–Crippen MR) is 25.5 cm³/mol. The van der Waals surface area contributed by atoms with E-state index in [1.165, 1.54) is 0 Å². The first kappa shape index (κ1) is 5.85. The molecule has 0 bridgehead atoms. The van der Waals surface area contributed by atoms with Crippen molar-refractivity contribution in [2.24, 2.45) is 0 Å². The van der Waals surface area contributed by atoms with Gasteiger partial charge < -0.3 is 4.74 Å². The van der Waals surface area contributed by atoms with Crippen molar-refractivity contribution in [1.82, 2.24) is 0 Å². The maximum absolute atomic E-state index is 10.1. The van der Waals surface area contributed by atoms with Crippen LogP contribution in [0, 0.1) is 0 Å². The Labute approximate surface area is 54.5 Å². The van der Waals surface area contributed by atoms with Gasteiger partial charge in [0.15, 0.2) is 0 Å². The summed E-state index contributed by atoms with van der Waals surface area (Å²) in [5, 5.41) is 0. The molecule has 1 saturated heterocycles. The van der Waals surface area contributed by atoms with Crippen LogP contribution in [0.15, 0.2) is 0 Å². The van der Waals surface area contributed by atoms with Gasteiger partial charge >= 0.3 is 16.3 Å². The molecule has 0 N–H and O–H groups in total. The lowest BCUT2D eigenvalue weighted by Crippen LogP contribution is -2.50. The molecule has 1 rings (SSSR count). The van der Waals surface area contributed by atoms with Crippen molar-refractivity contribution in [2.75, 3.05) is 0 Å². The summed E-state index contributed by atoms with van der Waals surface area (Å²) < 4.78 is 1.90. The molecule has 0 aromatic heterocycles. The highest BCUT2D eigenvalue weighted by Crippen LogP contribution is 2.32. The van der Waals surface area contributed by atoms with Gasteiger partial charge in [-0.15, -0.1) is 0 Å². The zero-order chi connectivity index (χ0) is 6.36. The first-order valence-corrected chi connectivity index (χ1v) is 2.45. The van der Waals surface area contributed by atoms with Crippen molar-refractivity contribution in [3.8, 4) is 0 Å². The molecule has 0 atom stereocenters. The van der Waals surface area contributed by atoms with Gasteiger partial charge in [-0.1, -0.05) is 23.2 Å². The highest BCUT2D eigenvalue weighted by molar-refractivity contribution is 6.70. The van der Waals surface area contributed by atoms with Crippen LogP contribution in [0.1, 0.15) is 0 Å². The molecule has 5 heteroatoms. The van der Waals surface area contributed by atoms with Crippen LogP contribution in [0.2, 0.25) is 0 Å². The van der Waals surface area contributed by atoms with Crippen molar-refractivity contribution >= 4 is 35.1 Å². The fourth-order valence-corrected chi connectivity index (χ4v) is 0.404. The van der Waals surface area contributed by atoms with Crippen LogP contribution < -0.4 is 0 Å². The van der Waals surface area contributed by atoms with E-state index in [2.05, 4.69) is 4.74 Å². The topological polar surface area (TPSA) is 43.4 Å². The first-order chi connectivity index (χ1) is 3.55. The number of hydrogen-bond donors (Lipinski definition) is 0. The van der Waals surface area contributed by atoms with Gasteiger partial charge in [0, 0.05) is 0 Å². The lowest BCUT2D eigenvalue weighted by molar-refractivity contribution is -0.176. The van der Waals surface area contributed by atoms with Gasteiger partial charge in [0.05, 0.1) is 0 Å². The maximum atomic E-state index is 10.1. The average molecular weight is 155 g/mol. The summed E-state index contributed by atoms with van der Waals surface area (Å²) in [7, 11) is 0. The summed E-state index contributed by atoms with van der Waals surface area (Å²) in [6.45, 7) is 0. The van der Waals surface area contributed by atoms with Crippen molar-refractivity contribution in [3.05, 3.63) is 0 Å². The Morgan fingerprint density at radius 3 is 1.62 bits per heavy atom. The third-order valence-corrected chi connectivity index (χ3v) is 1.32. The minimum Gasteiger partial charge on any atom is -0.388 e. The van der Waals surface area contributed by atoms with Crippen LogP contribution in [-0.2, 0) is 14.3 Å². The molecule has 1 heterocycles. The van der Waals surface area contributed by atoms with Crippen LogP contribution in [0.5, 0.6) is 0 Å². The van der Waals surface area contributed by atoms with E-state index >= 15 is 0 Å². The van der Waals surface area contributed by atoms with Crippen LogP contribution in [-0.4, -0.2) is 16.3 Å². The second-order valence-corrected chi connectivity index (χ2v) is 2.58. The number of alkyl halides is 2. The third kappa shape index (κ3) is 0.516. The third-order valence-electron chi connectivity index (χ3n) is 0.698. The summed E-state index contributed by atoms with van der Waals surface area (Å²) in [5.41, 5.74) is 0. The van der Waals surface area contributed by atoms with Crippen molar-refractivity contribution < 1.29 is 14.3 Å². The normalized spacial score (nSPS) is 24.2. The van der Waals surface area contributed by atoms with E-state index in [4.69, 9.17) is 23.2 Å². The number of cyclic esters (lactones) is 2. The number of carbonyl (C=O) groups is 2. The van der Waals surface area contributed by atoms with Gasteiger partial charge in [-0.25, -0.2) is 9.59 Å². The van der Waals surface area contributed by atoms with Gasteiger partial charge in [-0.2, -0.15) is 0 Å². The molecule has 1 fully saturated rings. The molecule has 3 nitrogen and oxygen atoms in total. The monoisotopic (exact) mass is 154 g/mol. The van der Waals surface area contributed by atoms with Crippen LogP contribution in [0.25, 0.3) is 0 Å². The van der Waals surface area contributed by atoms with Gasteiger partial charge in [0.2, 0.25) is 0 Å². The summed E-state index contributed by atoms with van der Waals surface area (Å²) in [4.78, 5) is 20.1. The predicted octanol–water partition coefficient (Wildman–Crippen LogP) is 0.244. The van der Waals surface area contributed by atoms with Gasteiger partial charge in [-0.3, -0.25) is 0 Å². The molecule has 0 aliphatic carbocycles. The minimum absolute atomic E-state index is 0.897. The maximum Gasteiger partial charge on any atom is 0.362 e. The number of esters is 2. The van der Waals surface area contributed by atoms with Crippen LogP contribution in [0.3, 0.4) is 0 Å². The Balaban J connectivity index is 2.81. The largest absolute Gasteiger partial charge is 0.388 e. The Hall–Kier alpha value is -0.280. The number of halogens is 2. The second kappa shape index (κ2) is 1.36. The fraction of sp³-hybridized carbons (Fsp3) is 0.333. The molecule has 0 saturated carbocycles. The Bertz CT molecular complexity index is 146. The van der Waals surface area contributed by atoms with E-state index in [0.717, 1.165) is 0 Å². The van der Waals surface area contributed by atoms with E-state index in [0.29, 0.717) is 0 Å². The molecule has 0 unspecified atom stereocenters. The molecule has 0 amide bonds. The van der Waals surface area contributed by atoms with E-state index in [9.17, 15) is 9.59 Å². The second-order valence-electron chi connectivity index (χ2n) is 1.25. The molecular weight excluding hydrogens is 155 g/mol. The molecule has 0 aromatic carbocycles. The van der Waals surface area contributed by atoms with E-state index in [1.54, 1.807) is 0 Å². The van der Waals surface area contributed by atoms with Gasteiger partial charge in [0.25, 0.3) is 0 Å². The number of carbonyl (C=O) groups excluding carboxylic acids is 2. The van der Waals surface area contributed by atoms with Crippen molar-refractivity contribution in [1.29, 1.82) is 0 Å². The van der Waals surface area contributed by atoms with Crippen LogP contribution in [0.4, 0.5) is 0 Å². The van der Waals surface area contributed by atoms with Crippen molar-refractivity contribution in [3.63, 3.8) is 0 Å². The molecule has 0 aromatic rings. The lowest BCUT2D eigenvalue weighted by Gasteiger charge is -2.22. The molecule has 8 heavy (non-hydrogen) atoms. The molecule has 44 valence electrons. The standard InChI is InChI=1S/C3Cl2O3/c4-3(5)1(6)8-2(3)7. The van der Waals surface area contributed by atoms with Crippen LogP contribution >= 0.6 is 23.2 Å². The highest BCUT2D eigenvalue weighted by Gasteiger charge is 2.56. The number of hydrogen-bond acceptors (Lipinski definition) is 3. The molecule has 0 radical (unpaired) electrons. The lowest BCUT2D eigenvalue weighted by atomic mass is 10.3. The van der Waals surface area contributed by atoms with Crippen molar-refractivity contribution in [2.45, 2.75) is 4.33 Å². The highest BCUT2D eigenvalue weighted by atomic mass is 35.5. The molecule has 1 aliphatic rings. The summed E-state index contributed by atoms with van der Waals surface area (Å²) in [6, 6.07) is 0. The van der Waals surface area contributed by atoms with E-state index in [-0.39, 0.29) is 0 Å². The van der Waals surface area contributed by atoms with Gasteiger partial charge in [0.1, 0.15) is 0 Å². The van der Waals surface area contributed by atoms with E-state index < -0.39 is 16.3 Å². The smallest absolute Gasteiger partial charge is 0.362 e. The summed E-state index contributed by atoms with van der Waals surface area (Å²) in [5.74, 6) is -1.79. The fourth-order valence-electron chi connectivity index (χ4n) is 0.249. The SMILES string of the molecule is O=C1OC(=O)C1(Cl)Cl. The quantitative estimate of drug-likeness (QED) is 0.286. The molecule has 1 aliphatic heterocycles. The van der Waals surface area contributed by atoms with E-state index in [1.807, 2.05) is 0 Å². The average Bonchev–Trinajstić information content (AvgIpc) is 1.68. The first-order valence-electron chi connectivity index (χ1n) is 1.69. The summed E-state index contributed by atoms with van der Waals surface area (Å²) >= 11 is 10.1. The zero-order valence-electron chi connectivity index (χ0n) is 3.48. The Morgan fingerprint density at radius 1 is 1.25 bits per heavy atom. The zero-order valence-corrected chi connectivity index (χ0v) is 4.99. The molecular formula is C3Cl2O3. The Kier molecular flexibility index (Phi) is 0.994. The van der Waals surface area contributed by atoms with Gasteiger partial charge in [-0.05, 0) is 0 Å². The number of rotatable bonds is 0. The summed E-state index contributed by atoms with van der Waals surface area (Å²) in [6.07, 6.45) is 0. The minimum atomic E-state index is -1.92. The number of ether oxygens (including phenoxy) is 1.